The van der Waals surface area contributed by atoms with Crippen LogP contribution in [-0.4, -0.2) is 63.9 Å². The van der Waals surface area contributed by atoms with Crippen LogP contribution in [0.1, 0.15) is 124 Å². The van der Waals surface area contributed by atoms with Crippen LogP contribution < -0.4 is 0 Å². The van der Waals surface area contributed by atoms with E-state index in [2.05, 4.69) is 34.6 Å². The topological polar surface area (TPSA) is 139 Å². The fraction of sp³-hybridized carbons (Fsp3) is 0.735. The summed E-state index contributed by atoms with van der Waals surface area (Å²) >= 11 is 0. The van der Waals surface area contributed by atoms with Crippen molar-refractivity contribution in [1.82, 2.24) is 0 Å². The van der Waals surface area contributed by atoms with Gasteiger partial charge in [0, 0.05) is 11.5 Å². The molecule has 1 aromatic carbocycles. The Labute approximate surface area is 250 Å². The third kappa shape index (κ3) is 13.8. The molecule has 0 aliphatic heterocycles. The second kappa shape index (κ2) is 23.8. The summed E-state index contributed by atoms with van der Waals surface area (Å²) in [6.45, 7) is 9.73. The van der Waals surface area contributed by atoms with E-state index in [1.807, 2.05) is 36.4 Å². The molecule has 0 aliphatic carbocycles. The van der Waals surface area contributed by atoms with Crippen molar-refractivity contribution in [3.8, 4) is 0 Å². The number of aliphatic hydroxyl groups excluding tert-OH is 4. The molecule has 0 saturated heterocycles. The van der Waals surface area contributed by atoms with Gasteiger partial charge >= 0.3 is 5.97 Å². The molecule has 1 aromatic rings. The monoisotopic (exact) mass is 582 g/mol. The Bertz CT molecular complexity index is 741. The predicted molar refractivity (Wildman–Crippen MR) is 170 cm³/mol. The number of carbonyl (C=O) groups is 1. The quantitative estimate of drug-likeness (QED) is 0.0997. The van der Waals surface area contributed by atoms with Crippen LogP contribution in [0.4, 0.5) is 0 Å². The first-order chi connectivity index (χ1) is 19.3. The van der Waals surface area contributed by atoms with Crippen molar-refractivity contribution in [3.05, 3.63) is 42.0 Å². The van der Waals surface area contributed by atoms with Crippen LogP contribution in [0.5, 0.6) is 0 Å². The number of carbonyl (C=O) groups excluding carboxylic acids is 1. The number of hydrogen-bond donors (Lipinski definition) is 4. The summed E-state index contributed by atoms with van der Waals surface area (Å²) in [4.78, 5) is 13.2. The van der Waals surface area contributed by atoms with Crippen LogP contribution in [0, 0.1) is 10.8 Å². The Morgan fingerprint density at radius 3 is 1.46 bits per heavy atom. The minimum atomic E-state index is -1.11. The average molecular weight is 583 g/mol. The molecule has 41 heavy (non-hydrogen) atoms. The molecule has 0 radical (unpaired) electrons. The van der Waals surface area contributed by atoms with E-state index in [-0.39, 0.29) is 22.5 Å². The molecule has 0 heterocycles. The molecule has 7 nitrogen and oxygen atoms in total. The van der Waals surface area contributed by atoms with Gasteiger partial charge in [-0.3, -0.25) is 0 Å². The second-order valence-electron chi connectivity index (χ2n) is 11.3. The van der Waals surface area contributed by atoms with E-state index in [4.69, 9.17) is 25.2 Å². The Morgan fingerprint density at radius 2 is 1.12 bits per heavy atom. The number of esters is 1. The average Bonchev–Trinajstić information content (AvgIpc) is 3.00. The molecule has 6 N–H and O–H groups in total. The van der Waals surface area contributed by atoms with Crippen LogP contribution in [0.15, 0.2) is 36.4 Å². The number of unbranched alkanes of at least 4 members (excludes halogenated alkanes) is 4. The van der Waals surface area contributed by atoms with E-state index in [1.54, 1.807) is 6.08 Å². The molecule has 0 unspecified atom stereocenters. The summed E-state index contributed by atoms with van der Waals surface area (Å²) in [5, 5.41) is 34.0. The van der Waals surface area contributed by atoms with Crippen LogP contribution in [-0.2, 0) is 9.53 Å². The van der Waals surface area contributed by atoms with E-state index >= 15 is 0 Å². The summed E-state index contributed by atoms with van der Waals surface area (Å²) in [6.07, 6.45) is 18.1. The Morgan fingerprint density at radius 1 is 0.707 bits per heavy atom. The zero-order valence-corrected chi connectivity index (χ0v) is 26.7. The van der Waals surface area contributed by atoms with Crippen LogP contribution >= 0.6 is 0 Å². The van der Waals surface area contributed by atoms with Gasteiger partial charge in [-0.1, -0.05) is 103 Å². The van der Waals surface area contributed by atoms with Gasteiger partial charge in [-0.2, -0.15) is 0 Å². The van der Waals surface area contributed by atoms with Crippen molar-refractivity contribution < 1.29 is 35.4 Å². The van der Waals surface area contributed by atoms with Crippen molar-refractivity contribution >= 4 is 12.0 Å². The fourth-order valence-electron chi connectivity index (χ4n) is 5.33. The minimum absolute atomic E-state index is 0. The van der Waals surface area contributed by atoms with Crippen molar-refractivity contribution in [1.29, 1.82) is 0 Å². The molecular formula is C34H62O7. The third-order valence-electron chi connectivity index (χ3n) is 8.38. The maximum Gasteiger partial charge on any atom is 0.331 e. The zero-order valence-electron chi connectivity index (χ0n) is 26.7. The largest absolute Gasteiger partial charge is 0.455 e. The van der Waals surface area contributed by atoms with Crippen molar-refractivity contribution in [2.24, 2.45) is 10.8 Å². The van der Waals surface area contributed by atoms with Gasteiger partial charge in [0.05, 0.1) is 31.8 Å². The van der Waals surface area contributed by atoms with Gasteiger partial charge < -0.3 is 30.6 Å². The standard InChI is InChI=1S/C29H48O2.C5H12O4.H2O/c1-6-11-22-28(10-5,23-12-7-2)29(24-13-8-3,25-14-9-4)31-27(30)21-20-26-18-16-15-17-19-26;6-1-5(2-7,3-8)4-9;/h15-21H,6-14,22-25H2,1-5H3;6-9H,1-4H2;1H2. The molecule has 0 aromatic heterocycles. The maximum atomic E-state index is 13.2. The Kier molecular flexibility index (Phi) is 24.0. The summed E-state index contributed by atoms with van der Waals surface area (Å²) < 4.78 is 6.59. The lowest BCUT2D eigenvalue weighted by Gasteiger charge is -2.51. The van der Waals surface area contributed by atoms with Crippen LogP contribution in [0.2, 0.25) is 0 Å². The lowest BCUT2D eigenvalue weighted by molar-refractivity contribution is -0.181. The lowest BCUT2D eigenvalue weighted by Crippen LogP contribution is -2.51. The number of benzene rings is 1. The number of ether oxygens (including phenoxy) is 1. The van der Waals surface area contributed by atoms with E-state index in [0.717, 1.165) is 63.4 Å². The highest BCUT2D eigenvalue weighted by Gasteiger charge is 2.51. The highest BCUT2D eigenvalue weighted by molar-refractivity contribution is 5.87. The molecule has 0 fully saturated rings. The molecule has 0 bridgehead atoms. The minimum Gasteiger partial charge on any atom is -0.455 e. The zero-order chi connectivity index (χ0) is 30.3. The molecule has 240 valence electrons. The van der Waals surface area contributed by atoms with Crippen molar-refractivity contribution in [2.75, 3.05) is 26.4 Å². The molecule has 0 saturated carbocycles. The highest BCUT2D eigenvalue weighted by atomic mass is 16.6. The molecule has 0 amide bonds. The SMILES string of the molecule is CCCCC(CC)(CCCC)C(CCCC)(CCCC)OC(=O)C=Cc1ccccc1.O.OCC(CO)(CO)CO. The number of rotatable bonds is 21. The Hall–Kier alpha value is -1.77. The normalized spacial score (nSPS) is 12.0. The van der Waals surface area contributed by atoms with E-state index in [0.29, 0.717) is 0 Å². The number of hydrogen-bond acceptors (Lipinski definition) is 6. The second-order valence-corrected chi connectivity index (χ2v) is 11.3. The Balaban J connectivity index is 0. The molecule has 0 spiro atoms. The third-order valence-corrected chi connectivity index (χ3v) is 8.38. The predicted octanol–water partition coefficient (Wildman–Crippen LogP) is 6.26. The first-order valence-electron chi connectivity index (χ1n) is 15.7. The number of aliphatic hydroxyl groups is 4. The maximum absolute atomic E-state index is 13.2. The molecule has 7 heteroatoms. The van der Waals surface area contributed by atoms with Gasteiger partial charge in [0.1, 0.15) is 5.60 Å². The van der Waals surface area contributed by atoms with Crippen molar-refractivity contribution in [2.45, 2.75) is 124 Å². The summed E-state index contributed by atoms with van der Waals surface area (Å²) in [5.74, 6) is -0.179. The van der Waals surface area contributed by atoms with Crippen molar-refractivity contribution in [3.63, 3.8) is 0 Å². The van der Waals surface area contributed by atoms with Gasteiger partial charge in [0.25, 0.3) is 0 Å². The summed E-state index contributed by atoms with van der Waals surface area (Å²) in [5.41, 5.74) is -0.374. The molecule has 1 rings (SSSR count). The van der Waals surface area contributed by atoms with Crippen LogP contribution in [0.3, 0.4) is 0 Å². The van der Waals surface area contributed by atoms with Gasteiger partial charge in [-0.15, -0.1) is 0 Å². The van der Waals surface area contributed by atoms with Crippen LogP contribution in [0.25, 0.3) is 6.08 Å². The lowest BCUT2D eigenvalue weighted by atomic mass is 9.60. The first-order valence-corrected chi connectivity index (χ1v) is 15.7. The van der Waals surface area contributed by atoms with Gasteiger partial charge in [-0.25, -0.2) is 4.79 Å². The summed E-state index contributed by atoms with van der Waals surface area (Å²) in [7, 11) is 0. The van der Waals surface area contributed by atoms with Gasteiger partial charge in [0.15, 0.2) is 0 Å². The molecule has 0 aliphatic rings. The van der Waals surface area contributed by atoms with Gasteiger partial charge in [-0.05, 0) is 56.6 Å². The smallest absolute Gasteiger partial charge is 0.331 e. The highest BCUT2D eigenvalue weighted by Crippen LogP contribution is 2.51. The fourth-order valence-corrected chi connectivity index (χ4v) is 5.33. The van der Waals surface area contributed by atoms with Gasteiger partial charge in [0.2, 0.25) is 0 Å². The molecule has 0 atom stereocenters. The molecular weight excluding hydrogens is 520 g/mol. The van der Waals surface area contributed by atoms with E-state index in [1.165, 1.54) is 25.7 Å². The van der Waals surface area contributed by atoms with E-state index < -0.39 is 31.8 Å². The summed E-state index contributed by atoms with van der Waals surface area (Å²) in [6, 6.07) is 10.0. The first kappa shape index (κ1) is 41.4. The van der Waals surface area contributed by atoms with E-state index in [9.17, 15) is 4.79 Å².